The second kappa shape index (κ2) is 6.59. The highest BCUT2D eigenvalue weighted by Crippen LogP contribution is 2.67. The maximum Gasteiger partial charge on any atom is 0.336 e. The van der Waals surface area contributed by atoms with Crippen molar-refractivity contribution in [3.05, 3.63) is 73.9 Å². The number of nitrogen functional groups attached to an aromatic ring is 1. The van der Waals surface area contributed by atoms with Gasteiger partial charge in [-0.05, 0) is 30.0 Å². The molecule has 3 atom stereocenters. The third kappa shape index (κ3) is 2.76. The zero-order valence-corrected chi connectivity index (χ0v) is 17.9. The van der Waals surface area contributed by atoms with Crippen LogP contribution in [-0.4, -0.2) is 19.4 Å². The third-order valence-corrected chi connectivity index (χ3v) is 9.17. The highest BCUT2D eigenvalue weighted by molar-refractivity contribution is 7.68. The number of benzene rings is 2. The molecule has 31 heavy (non-hydrogen) atoms. The number of hydrogen-bond donors (Lipinski definition) is 1. The SMILES string of the molecule is Cn1c(=O)n(C)c(=O)n(CC2CC2P2(=O)Oc3c(N)cccc3-c3ccccc32)c1=O. The predicted octanol–water partition coefficient (Wildman–Crippen LogP) is 0.879. The van der Waals surface area contributed by atoms with Gasteiger partial charge in [0.05, 0.1) is 16.7 Å². The Labute approximate surface area is 176 Å². The van der Waals surface area contributed by atoms with Gasteiger partial charge in [0.1, 0.15) is 0 Å². The number of anilines is 1. The minimum atomic E-state index is -3.35. The third-order valence-electron chi connectivity index (χ3n) is 6.15. The van der Waals surface area contributed by atoms with Crippen LogP contribution in [0.5, 0.6) is 5.75 Å². The van der Waals surface area contributed by atoms with Crippen molar-refractivity contribution in [3.8, 4) is 16.9 Å². The molecule has 1 saturated carbocycles. The van der Waals surface area contributed by atoms with Crippen molar-refractivity contribution in [3.63, 3.8) is 0 Å². The molecule has 0 radical (unpaired) electrons. The summed E-state index contributed by atoms with van der Waals surface area (Å²) in [6, 6.07) is 12.8. The second-order valence-corrected chi connectivity index (χ2v) is 10.6. The summed E-state index contributed by atoms with van der Waals surface area (Å²) in [5.74, 6) is 0.207. The van der Waals surface area contributed by atoms with Crippen LogP contribution in [0.25, 0.3) is 11.1 Å². The Morgan fingerprint density at radius 3 is 2.32 bits per heavy atom. The maximum atomic E-state index is 14.2. The lowest BCUT2D eigenvalue weighted by Crippen LogP contribution is -2.53. The summed E-state index contributed by atoms with van der Waals surface area (Å²) in [6.07, 6.45) is 0.534. The number of hydrogen-bond acceptors (Lipinski definition) is 6. The van der Waals surface area contributed by atoms with Crippen LogP contribution in [0.3, 0.4) is 0 Å². The molecule has 3 unspecified atom stereocenters. The van der Waals surface area contributed by atoms with Gasteiger partial charge in [-0.15, -0.1) is 0 Å². The summed E-state index contributed by atoms with van der Waals surface area (Å²) in [5.41, 5.74) is 5.74. The molecule has 1 fully saturated rings. The number of para-hydroxylation sites is 1. The van der Waals surface area contributed by atoms with E-state index in [0.29, 0.717) is 23.2 Å². The maximum absolute atomic E-state index is 14.2. The molecular formula is C21H21N4O5P. The molecule has 9 nitrogen and oxygen atoms in total. The van der Waals surface area contributed by atoms with Gasteiger partial charge in [0.25, 0.3) is 7.37 Å². The van der Waals surface area contributed by atoms with Crippen molar-refractivity contribution in [2.24, 2.45) is 20.0 Å². The van der Waals surface area contributed by atoms with Crippen LogP contribution in [0, 0.1) is 5.92 Å². The Hall–Kier alpha value is -3.32. The molecule has 2 N–H and O–H groups in total. The van der Waals surface area contributed by atoms with E-state index in [2.05, 4.69) is 0 Å². The molecule has 10 heteroatoms. The lowest BCUT2D eigenvalue weighted by Gasteiger charge is -2.30. The normalized spacial score (nSPS) is 23.5. The molecule has 3 aromatic rings. The van der Waals surface area contributed by atoms with E-state index >= 15 is 0 Å². The Kier molecular flexibility index (Phi) is 4.17. The van der Waals surface area contributed by atoms with E-state index in [1.165, 1.54) is 14.1 Å². The van der Waals surface area contributed by atoms with Gasteiger partial charge in [-0.1, -0.05) is 30.3 Å². The van der Waals surface area contributed by atoms with Gasteiger partial charge in [0, 0.05) is 26.2 Å². The van der Waals surface area contributed by atoms with E-state index in [1.54, 1.807) is 12.1 Å². The molecule has 0 amide bonds. The van der Waals surface area contributed by atoms with Gasteiger partial charge in [-0.3, -0.25) is 4.57 Å². The summed E-state index contributed by atoms with van der Waals surface area (Å²) < 4.78 is 23.1. The van der Waals surface area contributed by atoms with Crippen LogP contribution in [0.15, 0.2) is 56.8 Å². The summed E-state index contributed by atoms with van der Waals surface area (Å²) in [6.45, 7) is 0.0664. The Morgan fingerprint density at radius 2 is 1.61 bits per heavy atom. The molecule has 160 valence electrons. The molecule has 1 aliphatic heterocycles. The van der Waals surface area contributed by atoms with Crippen molar-refractivity contribution in [1.82, 2.24) is 13.7 Å². The van der Waals surface area contributed by atoms with E-state index in [1.807, 2.05) is 30.3 Å². The fourth-order valence-electron chi connectivity index (χ4n) is 4.34. The molecule has 0 spiro atoms. The van der Waals surface area contributed by atoms with Crippen molar-refractivity contribution in [2.45, 2.75) is 18.6 Å². The van der Waals surface area contributed by atoms with E-state index in [4.69, 9.17) is 10.3 Å². The van der Waals surface area contributed by atoms with Gasteiger partial charge >= 0.3 is 17.1 Å². The molecule has 1 aromatic heterocycles. The van der Waals surface area contributed by atoms with E-state index < -0.39 is 24.4 Å². The number of nitrogens with two attached hydrogens (primary N) is 1. The predicted molar refractivity (Wildman–Crippen MR) is 117 cm³/mol. The zero-order valence-electron chi connectivity index (χ0n) is 17.0. The Bertz CT molecular complexity index is 1430. The molecule has 2 aromatic carbocycles. The average molecular weight is 440 g/mol. The molecule has 1 aliphatic carbocycles. The molecule has 5 rings (SSSR count). The van der Waals surface area contributed by atoms with Crippen LogP contribution >= 0.6 is 7.37 Å². The second-order valence-electron chi connectivity index (χ2n) is 8.07. The van der Waals surface area contributed by atoms with Gasteiger partial charge in [0.2, 0.25) is 0 Å². The number of rotatable bonds is 3. The van der Waals surface area contributed by atoms with E-state index in [9.17, 15) is 18.9 Å². The number of aromatic nitrogens is 3. The molecule has 2 heterocycles. The van der Waals surface area contributed by atoms with Gasteiger partial charge in [-0.2, -0.15) is 0 Å². The quantitative estimate of drug-likeness (QED) is 0.477. The number of nitrogens with zero attached hydrogens (tertiary/aromatic N) is 3. The van der Waals surface area contributed by atoms with Crippen LogP contribution < -0.4 is 32.6 Å². The van der Waals surface area contributed by atoms with Crippen LogP contribution in [0.2, 0.25) is 0 Å². The lowest BCUT2D eigenvalue weighted by molar-refractivity contribution is 0.468. The first-order valence-corrected chi connectivity index (χ1v) is 11.6. The highest BCUT2D eigenvalue weighted by Gasteiger charge is 2.55. The van der Waals surface area contributed by atoms with Crippen molar-refractivity contribution in [1.29, 1.82) is 0 Å². The Balaban J connectivity index is 1.55. The first-order chi connectivity index (χ1) is 14.7. The standard InChI is InChI=1S/C21H21N4O5P/c1-23-19(26)24(2)21(28)25(20(23)27)11-12-10-17(12)31(29)16-9-4-3-6-13(16)14-7-5-8-15(22)18(14)30-31/h3-9,12,17H,10-11,22H2,1-2H3. The average Bonchev–Trinajstić information content (AvgIpc) is 3.55. The largest absolute Gasteiger partial charge is 0.437 e. The summed E-state index contributed by atoms with van der Waals surface area (Å²) in [4.78, 5) is 36.9. The minimum absolute atomic E-state index is 0.0664. The topological polar surface area (TPSA) is 118 Å². The van der Waals surface area contributed by atoms with E-state index in [0.717, 1.165) is 24.8 Å². The van der Waals surface area contributed by atoms with Gasteiger partial charge < -0.3 is 10.3 Å². The summed E-state index contributed by atoms with van der Waals surface area (Å²) in [7, 11) is -0.700. The molecular weight excluding hydrogens is 419 g/mol. The minimum Gasteiger partial charge on any atom is -0.437 e. The van der Waals surface area contributed by atoms with Crippen molar-refractivity contribution >= 4 is 18.4 Å². The smallest absolute Gasteiger partial charge is 0.336 e. The fourth-order valence-corrected chi connectivity index (χ4v) is 7.43. The van der Waals surface area contributed by atoms with Crippen LogP contribution in [0.1, 0.15) is 6.42 Å². The fraction of sp³-hybridized carbons (Fsp3) is 0.286. The van der Waals surface area contributed by atoms with Crippen LogP contribution in [0.4, 0.5) is 5.69 Å². The van der Waals surface area contributed by atoms with Gasteiger partial charge in [-0.25, -0.2) is 28.1 Å². The summed E-state index contributed by atoms with van der Waals surface area (Å²) in [5, 5.41) is 0.626. The lowest BCUT2D eigenvalue weighted by atomic mass is 10.0. The van der Waals surface area contributed by atoms with Crippen molar-refractivity contribution < 1.29 is 9.09 Å². The molecule has 0 saturated heterocycles. The summed E-state index contributed by atoms with van der Waals surface area (Å²) >= 11 is 0. The van der Waals surface area contributed by atoms with Crippen molar-refractivity contribution in [2.75, 3.05) is 5.73 Å². The first kappa shape index (κ1) is 19.6. The highest BCUT2D eigenvalue weighted by atomic mass is 31.2. The van der Waals surface area contributed by atoms with Gasteiger partial charge in [0.15, 0.2) is 5.75 Å². The number of fused-ring (bicyclic) bond motifs is 3. The van der Waals surface area contributed by atoms with Crippen LogP contribution in [-0.2, 0) is 25.2 Å². The molecule has 2 aliphatic rings. The zero-order chi connectivity index (χ0) is 22.1. The first-order valence-electron chi connectivity index (χ1n) is 9.88. The molecule has 0 bridgehead atoms. The monoisotopic (exact) mass is 440 g/mol. The van der Waals surface area contributed by atoms with E-state index in [-0.39, 0.29) is 18.1 Å². The Morgan fingerprint density at radius 1 is 0.968 bits per heavy atom.